The van der Waals surface area contributed by atoms with Crippen LogP contribution in [0.2, 0.25) is 10.0 Å². The van der Waals surface area contributed by atoms with Gasteiger partial charge in [-0.05, 0) is 55.0 Å². The van der Waals surface area contributed by atoms with Crippen LogP contribution in [0.5, 0.6) is 0 Å². The van der Waals surface area contributed by atoms with E-state index in [1.165, 1.54) is 11.6 Å². The highest BCUT2D eigenvalue weighted by atomic mass is 35.5. The van der Waals surface area contributed by atoms with E-state index in [4.69, 9.17) is 23.2 Å². The average molecular weight is 494 g/mol. The van der Waals surface area contributed by atoms with Gasteiger partial charge in [0, 0.05) is 30.7 Å². The largest absolute Gasteiger partial charge is 0.351 e. The molecule has 2 N–H and O–H groups in total. The second kappa shape index (κ2) is 12.5. The molecule has 3 rings (SSSR count). The molecule has 0 aliphatic carbocycles. The molecule has 5 nitrogen and oxygen atoms in total. The average Bonchev–Trinajstić information content (AvgIpc) is 2.78. The first-order valence-corrected chi connectivity index (χ1v) is 12.9. The summed E-state index contributed by atoms with van der Waals surface area (Å²) >= 11 is 13.7. The number of nitrogens with zero attached hydrogens (tertiary/aromatic N) is 1. The number of benzene rings is 2. The van der Waals surface area contributed by atoms with Crippen LogP contribution in [0.25, 0.3) is 0 Å². The lowest BCUT2D eigenvalue weighted by atomic mass is 10.0. The Morgan fingerprint density at radius 1 is 1.12 bits per heavy atom. The molecule has 1 aliphatic rings. The topological polar surface area (TPSA) is 61.4 Å². The van der Waals surface area contributed by atoms with Crippen molar-refractivity contribution in [2.24, 2.45) is 0 Å². The van der Waals surface area contributed by atoms with E-state index in [1.54, 1.807) is 23.9 Å². The van der Waals surface area contributed by atoms with E-state index in [2.05, 4.69) is 39.8 Å². The number of carbonyl (C=O) groups is 2. The number of thioether (sulfide) groups is 1. The van der Waals surface area contributed by atoms with Crippen LogP contribution >= 0.6 is 35.0 Å². The van der Waals surface area contributed by atoms with Crippen molar-refractivity contribution >= 4 is 46.8 Å². The van der Waals surface area contributed by atoms with Gasteiger partial charge in [0.25, 0.3) is 5.91 Å². The molecule has 1 unspecified atom stereocenters. The smallest absolute Gasteiger partial charge is 0.253 e. The zero-order chi connectivity index (χ0) is 22.9. The highest BCUT2D eigenvalue weighted by Crippen LogP contribution is 2.21. The van der Waals surface area contributed by atoms with Crippen molar-refractivity contribution in [1.82, 2.24) is 15.5 Å². The van der Waals surface area contributed by atoms with Crippen LogP contribution in [0, 0.1) is 0 Å². The number of piperidine rings is 1. The van der Waals surface area contributed by atoms with Crippen molar-refractivity contribution in [3.63, 3.8) is 0 Å². The number of halogens is 2. The lowest BCUT2D eigenvalue weighted by Gasteiger charge is -2.33. The van der Waals surface area contributed by atoms with Crippen LogP contribution in [0.4, 0.5) is 0 Å². The van der Waals surface area contributed by atoms with Gasteiger partial charge in [0.1, 0.15) is 6.04 Å². The maximum atomic E-state index is 13.0. The third-order valence-electron chi connectivity index (χ3n) is 5.59. The molecule has 2 aromatic carbocycles. The SMILES string of the molecule is CSCCC(NC(=O)c1ccc(Cl)cc1Cl)C(=O)NC1CCN(Cc2ccccc2)CC1. The Kier molecular flexibility index (Phi) is 9.72. The van der Waals surface area contributed by atoms with Crippen LogP contribution in [-0.2, 0) is 11.3 Å². The molecular formula is C24H29Cl2N3O2S. The van der Waals surface area contributed by atoms with Gasteiger partial charge < -0.3 is 10.6 Å². The summed E-state index contributed by atoms with van der Waals surface area (Å²) in [6.45, 7) is 2.79. The molecule has 0 aromatic heterocycles. The van der Waals surface area contributed by atoms with Crippen LogP contribution in [-0.4, -0.2) is 53.9 Å². The minimum Gasteiger partial charge on any atom is -0.351 e. The molecule has 0 radical (unpaired) electrons. The van der Waals surface area contributed by atoms with E-state index in [0.29, 0.717) is 17.0 Å². The number of rotatable bonds is 9. The molecule has 8 heteroatoms. The number of nitrogens with one attached hydrogen (secondary N) is 2. The normalized spacial score (nSPS) is 15.8. The van der Waals surface area contributed by atoms with E-state index in [0.717, 1.165) is 38.2 Å². The van der Waals surface area contributed by atoms with Crippen molar-refractivity contribution in [2.75, 3.05) is 25.1 Å². The fraction of sp³-hybridized carbons (Fsp3) is 0.417. The molecule has 0 spiro atoms. The molecular weight excluding hydrogens is 465 g/mol. The van der Waals surface area contributed by atoms with Gasteiger partial charge in [-0.2, -0.15) is 11.8 Å². The first kappa shape index (κ1) is 24.9. The van der Waals surface area contributed by atoms with Crippen LogP contribution in [0.15, 0.2) is 48.5 Å². The summed E-state index contributed by atoms with van der Waals surface area (Å²) in [5.74, 6) is 0.256. The minimum atomic E-state index is -0.607. The summed E-state index contributed by atoms with van der Waals surface area (Å²) in [6, 6.07) is 14.6. The van der Waals surface area contributed by atoms with E-state index in [-0.39, 0.29) is 22.9 Å². The molecule has 0 saturated carbocycles. The Bertz CT molecular complexity index is 905. The Balaban J connectivity index is 1.53. The predicted octanol–water partition coefficient (Wildman–Crippen LogP) is 4.63. The molecule has 32 heavy (non-hydrogen) atoms. The molecule has 1 atom stereocenters. The molecule has 2 amide bonds. The van der Waals surface area contributed by atoms with E-state index >= 15 is 0 Å². The van der Waals surface area contributed by atoms with Gasteiger partial charge in [-0.25, -0.2) is 0 Å². The quantitative estimate of drug-likeness (QED) is 0.534. The van der Waals surface area contributed by atoms with Gasteiger partial charge >= 0.3 is 0 Å². The second-order valence-corrected chi connectivity index (χ2v) is 9.81. The highest BCUT2D eigenvalue weighted by molar-refractivity contribution is 7.98. The maximum absolute atomic E-state index is 13.0. The number of amides is 2. The number of carbonyl (C=O) groups excluding carboxylic acids is 2. The van der Waals surface area contributed by atoms with Gasteiger partial charge in [0.05, 0.1) is 10.6 Å². The summed E-state index contributed by atoms with van der Waals surface area (Å²) in [5, 5.41) is 6.73. The van der Waals surface area contributed by atoms with Crippen molar-refractivity contribution in [3.05, 3.63) is 69.7 Å². The molecule has 1 saturated heterocycles. The summed E-state index contributed by atoms with van der Waals surface area (Å²) in [7, 11) is 0. The third-order valence-corrected chi connectivity index (χ3v) is 6.78. The molecule has 1 aliphatic heterocycles. The highest BCUT2D eigenvalue weighted by Gasteiger charge is 2.26. The third kappa shape index (κ3) is 7.41. The second-order valence-electron chi connectivity index (χ2n) is 7.98. The molecule has 0 bridgehead atoms. The zero-order valence-electron chi connectivity index (χ0n) is 18.2. The van der Waals surface area contributed by atoms with Gasteiger partial charge in [-0.1, -0.05) is 53.5 Å². The van der Waals surface area contributed by atoms with Crippen molar-refractivity contribution < 1.29 is 9.59 Å². The van der Waals surface area contributed by atoms with E-state index in [1.807, 2.05) is 12.3 Å². The van der Waals surface area contributed by atoms with E-state index in [9.17, 15) is 9.59 Å². The summed E-state index contributed by atoms with van der Waals surface area (Å²) in [4.78, 5) is 28.1. The van der Waals surface area contributed by atoms with Crippen LogP contribution in [0.1, 0.15) is 35.2 Å². The fourth-order valence-corrected chi connectivity index (χ4v) is 4.76. The summed E-state index contributed by atoms with van der Waals surface area (Å²) in [5.41, 5.74) is 1.61. The predicted molar refractivity (Wildman–Crippen MR) is 134 cm³/mol. The van der Waals surface area contributed by atoms with Crippen molar-refractivity contribution in [3.8, 4) is 0 Å². The Labute approximate surface area is 204 Å². The monoisotopic (exact) mass is 493 g/mol. The first-order chi connectivity index (χ1) is 15.5. The minimum absolute atomic E-state index is 0.113. The van der Waals surface area contributed by atoms with Crippen molar-refractivity contribution in [2.45, 2.75) is 37.9 Å². The van der Waals surface area contributed by atoms with Crippen molar-refractivity contribution in [1.29, 1.82) is 0 Å². The van der Waals surface area contributed by atoms with E-state index < -0.39 is 6.04 Å². The Morgan fingerprint density at radius 2 is 1.84 bits per heavy atom. The fourth-order valence-electron chi connectivity index (χ4n) is 3.79. The van der Waals surface area contributed by atoms with Gasteiger partial charge in [0.2, 0.25) is 5.91 Å². The molecule has 1 heterocycles. The molecule has 1 fully saturated rings. The van der Waals surface area contributed by atoms with Crippen LogP contribution in [0.3, 0.4) is 0 Å². The first-order valence-electron chi connectivity index (χ1n) is 10.8. The lowest BCUT2D eigenvalue weighted by molar-refractivity contribution is -0.124. The zero-order valence-corrected chi connectivity index (χ0v) is 20.5. The number of hydrogen-bond donors (Lipinski definition) is 2. The Hall–Kier alpha value is -1.73. The Morgan fingerprint density at radius 3 is 2.50 bits per heavy atom. The molecule has 2 aromatic rings. The summed E-state index contributed by atoms with van der Waals surface area (Å²) in [6.07, 6.45) is 4.32. The molecule has 172 valence electrons. The maximum Gasteiger partial charge on any atom is 0.253 e. The standard InChI is InChI=1S/C24H29Cl2N3O2S/c1-32-14-11-22(28-23(30)20-8-7-18(25)15-21(20)26)24(31)27-19-9-12-29(13-10-19)16-17-5-3-2-4-6-17/h2-8,15,19,22H,9-14,16H2,1H3,(H,27,31)(H,28,30). The number of hydrogen-bond acceptors (Lipinski definition) is 4. The summed E-state index contributed by atoms with van der Waals surface area (Å²) < 4.78 is 0. The van der Waals surface area contributed by atoms with Crippen LogP contribution < -0.4 is 10.6 Å². The number of likely N-dealkylation sites (tertiary alicyclic amines) is 1. The lowest BCUT2D eigenvalue weighted by Crippen LogP contribution is -2.52. The van der Waals surface area contributed by atoms with Gasteiger partial charge in [0.15, 0.2) is 0 Å². The van der Waals surface area contributed by atoms with Gasteiger partial charge in [-0.15, -0.1) is 0 Å². The van der Waals surface area contributed by atoms with Gasteiger partial charge in [-0.3, -0.25) is 14.5 Å².